The lowest BCUT2D eigenvalue weighted by Gasteiger charge is -2.08. The minimum absolute atomic E-state index is 0.0414. The highest BCUT2D eigenvalue weighted by molar-refractivity contribution is 9.10. The molecular formula is C12H9BrClFN2O. The van der Waals surface area contributed by atoms with Crippen LogP contribution in [0.5, 0.6) is 0 Å². The Morgan fingerprint density at radius 2 is 2.22 bits per heavy atom. The summed E-state index contributed by atoms with van der Waals surface area (Å²) in [4.78, 5) is 16.0. The van der Waals surface area contributed by atoms with Gasteiger partial charge in [0.1, 0.15) is 10.3 Å². The number of halogens is 3. The van der Waals surface area contributed by atoms with Gasteiger partial charge in [0.15, 0.2) is 0 Å². The molecule has 0 N–H and O–H groups in total. The van der Waals surface area contributed by atoms with Crippen LogP contribution in [0.15, 0.2) is 33.8 Å². The van der Waals surface area contributed by atoms with E-state index in [1.807, 2.05) is 0 Å². The van der Waals surface area contributed by atoms with Crippen LogP contribution < -0.4 is 5.56 Å². The van der Waals surface area contributed by atoms with Crippen molar-refractivity contribution in [3.05, 3.63) is 61.5 Å². The summed E-state index contributed by atoms with van der Waals surface area (Å²) >= 11 is 8.85. The van der Waals surface area contributed by atoms with Crippen LogP contribution in [0.25, 0.3) is 0 Å². The maximum Gasteiger partial charge on any atom is 0.268 e. The van der Waals surface area contributed by atoms with Gasteiger partial charge in [0.05, 0.1) is 23.6 Å². The first-order chi connectivity index (χ1) is 8.50. The van der Waals surface area contributed by atoms with E-state index in [-0.39, 0.29) is 17.1 Å². The summed E-state index contributed by atoms with van der Waals surface area (Å²) in [5, 5.41) is 0.0414. The van der Waals surface area contributed by atoms with Crippen molar-refractivity contribution in [2.75, 3.05) is 0 Å². The molecule has 18 heavy (non-hydrogen) atoms. The van der Waals surface area contributed by atoms with Gasteiger partial charge in [-0.3, -0.25) is 9.36 Å². The third kappa shape index (κ3) is 2.47. The summed E-state index contributed by atoms with van der Waals surface area (Å²) in [6.45, 7) is 1.81. The van der Waals surface area contributed by atoms with Crippen LogP contribution in [0.3, 0.4) is 0 Å². The molecule has 0 bridgehead atoms. The third-order valence-corrected chi connectivity index (χ3v) is 3.73. The molecule has 1 heterocycles. The fourth-order valence-electron chi connectivity index (χ4n) is 1.51. The zero-order chi connectivity index (χ0) is 13.3. The Bertz CT molecular complexity index is 657. The fourth-order valence-corrected chi connectivity index (χ4v) is 2.04. The Hall–Kier alpha value is -1.20. The van der Waals surface area contributed by atoms with E-state index in [4.69, 9.17) is 11.6 Å². The van der Waals surface area contributed by atoms with Crippen LogP contribution in [0, 0.1) is 12.7 Å². The van der Waals surface area contributed by atoms with Crippen LogP contribution in [0.4, 0.5) is 4.39 Å². The molecule has 0 radical (unpaired) electrons. The van der Waals surface area contributed by atoms with Gasteiger partial charge < -0.3 is 0 Å². The van der Waals surface area contributed by atoms with Crippen LogP contribution in [-0.2, 0) is 6.54 Å². The van der Waals surface area contributed by atoms with E-state index in [1.165, 1.54) is 17.0 Å². The molecule has 0 saturated carbocycles. The lowest BCUT2D eigenvalue weighted by atomic mass is 10.2. The van der Waals surface area contributed by atoms with E-state index in [0.717, 1.165) is 0 Å². The van der Waals surface area contributed by atoms with Crippen molar-refractivity contribution in [3.63, 3.8) is 0 Å². The van der Waals surface area contributed by atoms with Gasteiger partial charge in [-0.25, -0.2) is 9.37 Å². The fraction of sp³-hybridized carbons (Fsp3) is 0.167. The molecule has 1 aromatic carbocycles. The van der Waals surface area contributed by atoms with E-state index in [0.29, 0.717) is 15.7 Å². The summed E-state index contributed by atoms with van der Waals surface area (Å²) in [6.07, 6.45) is 1.39. The number of hydrogen-bond acceptors (Lipinski definition) is 2. The lowest BCUT2D eigenvalue weighted by Crippen LogP contribution is -2.23. The summed E-state index contributed by atoms with van der Waals surface area (Å²) < 4.78 is 15.4. The third-order valence-electron chi connectivity index (χ3n) is 2.53. The van der Waals surface area contributed by atoms with Crippen LogP contribution >= 0.6 is 27.5 Å². The minimum atomic E-state index is -0.511. The standard InChI is InChI=1S/C12H9BrClFN2O/c1-7-10(13)12(18)17(6-16-7)5-8-3-2-4-9(14)11(8)15/h2-4,6H,5H2,1H3. The first kappa shape index (κ1) is 13.2. The van der Waals surface area contributed by atoms with E-state index >= 15 is 0 Å². The van der Waals surface area contributed by atoms with Gasteiger partial charge in [0, 0.05) is 5.56 Å². The number of rotatable bonds is 2. The molecule has 0 atom stereocenters. The maximum absolute atomic E-state index is 13.7. The average Bonchev–Trinajstić information content (AvgIpc) is 2.35. The number of aryl methyl sites for hydroxylation is 1. The van der Waals surface area contributed by atoms with Crippen LogP contribution in [-0.4, -0.2) is 9.55 Å². The first-order valence-corrected chi connectivity index (χ1v) is 6.32. The summed E-state index contributed by atoms with van der Waals surface area (Å²) in [6, 6.07) is 4.69. The molecule has 1 aromatic heterocycles. The zero-order valence-electron chi connectivity index (χ0n) is 9.45. The van der Waals surface area contributed by atoms with Gasteiger partial charge in [-0.15, -0.1) is 0 Å². The molecule has 94 valence electrons. The normalized spacial score (nSPS) is 10.7. The van der Waals surface area contributed by atoms with Gasteiger partial charge >= 0.3 is 0 Å². The van der Waals surface area contributed by atoms with E-state index in [1.54, 1.807) is 19.1 Å². The molecule has 0 amide bonds. The quantitative estimate of drug-likeness (QED) is 0.847. The Labute approximate surface area is 116 Å². The Morgan fingerprint density at radius 3 is 2.94 bits per heavy atom. The van der Waals surface area contributed by atoms with Crippen LogP contribution in [0.2, 0.25) is 5.02 Å². The highest BCUT2D eigenvalue weighted by Crippen LogP contribution is 2.18. The highest BCUT2D eigenvalue weighted by Gasteiger charge is 2.10. The van der Waals surface area contributed by atoms with Gasteiger partial charge in [0.2, 0.25) is 0 Å². The van der Waals surface area contributed by atoms with Crippen molar-refractivity contribution >= 4 is 27.5 Å². The molecule has 0 fully saturated rings. The Morgan fingerprint density at radius 1 is 1.50 bits per heavy atom. The first-order valence-electron chi connectivity index (χ1n) is 5.15. The topological polar surface area (TPSA) is 34.9 Å². The predicted octanol–water partition coefficient (Wildman–Crippen LogP) is 3.16. The number of nitrogens with zero attached hydrogens (tertiary/aromatic N) is 2. The summed E-state index contributed by atoms with van der Waals surface area (Å²) in [7, 11) is 0. The van der Waals surface area contributed by atoms with Gasteiger partial charge in [-0.2, -0.15) is 0 Å². The smallest absolute Gasteiger partial charge is 0.268 e. The summed E-state index contributed by atoms with van der Waals surface area (Å²) in [5.41, 5.74) is 0.701. The SMILES string of the molecule is Cc1ncn(Cc2cccc(Cl)c2F)c(=O)c1Br. The predicted molar refractivity (Wildman–Crippen MR) is 71.4 cm³/mol. The summed E-state index contributed by atoms with van der Waals surface area (Å²) in [5.74, 6) is -0.511. The Kier molecular flexibility index (Phi) is 3.82. The van der Waals surface area contributed by atoms with E-state index in [2.05, 4.69) is 20.9 Å². The van der Waals surface area contributed by atoms with E-state index in [9.17, 15) is 9.18 Å². The highest BCUT2D eigenvalue weighted by atomic mass is 79.9. The Balaban J connectivity index is 2.44. The number of hydrogen-bond donors (Lipinski definition) is 0. The maximum atomic E-state index is 13.7. The molecule has 0 aliphatic rings. The van der Waals surface area contributed by atoms with E-state index < -0.39 is 5.82 Å². The average molecular weight is 332 g/mol. The molecular weight excluding hydrogens is 322 g/mol. The molecule has 0 aliphatic heterocycles. The molecule has 2 aromatic rings. The largest absolute Gasteiger partial charge is 0.294 e. The second-order valence-electron chi connectivity index (χ2n) is 3.79. The molecule has 0 saturated heterocycles. The van der Waals surface area contributed by atoms with Gasteiger partial charge in [-0.05, 0) is 28.9 Å². The molecule has 6 heteroatoms. The second-order valence-corrected chi connectivity index (χ2v) is 4.99. The lowest BCUT2D eigenvalue weighted by molar-refractivity contribution is 0.593. The van der Waals surface area contributed by atoms with Crippen molar-refractivity contribution in [1.29, 1.82) is 0 Å². The molecule has 2 rings (SSSR count). The zero-order valence-corrected chi connectivity index (χ0v) is 11.8. The number of benzene rings is 1. The van der Waals surface area contributed by atoms with Crippen molar-refractivity contribution in [2.24, 2.45) is 0 Å². The van der Waals surface area contributed by atoms with Crippen molar-refractivity contribution in [2.45, 2.75) is 13.5 Å². The monoisotopic (exact) mass is 330 g/mol. The number of aromatic nitrogens is 2. The van der Waals surface area contributed by atoms with Crippen molar-refractivity contribution in [1.82, 2.24) is 9.55 Å². The second kappa shape index (κ2) is 5.20. The van der Waals surface area contributed by atoms with Crippen molar-refractivity contribution < 1.29 is 4.39 Å². The van der Waals surface area contributed by atoms with Crippen molar-refractivity contribution in [3.8, 4) is 0 Å². The van der Waals surface area contributed by atoms with Gasteiger partial charge in [0.25, 0.3) is 5.56 Å². The van der Waals surface area contributed by atoms with Gasteiger partial charge in [-0.1, -0.05) is 23.7 Å². The van der Waals surface area contributed by atoms with Crippen LogP contribution in [0.1, 0.15) is 11.3 Å². The molecule has 0 unspecified atom stereocenters. The molecule has 3 nitrogen and oxygen atoms in total. The molecule has 0 spiro atoms. The molecule has 0 aliphatic carbocycles. The minimum Gasteiger partial charge on any atom is -0.294 e.